The Morgan fingerprint density at radius 3 is 1.35 bits per heavy atom. The molecule has 0 atom stereocenters. The summed E-state index contributed by atoms with van der Waals surface area (Å²) >= 11 is 0. The lowest BCUT2D eigenvalue weighted by atomic mass is 9.67. The highest BCUT2D eigenvalue weighted by Gasteiger charge is 2.46. The molecule has 0 unspecified atom stereocenters. The maximum Gasteiger partial charge on any atom is 0.240 e. The average molecular weight is 820 g/mol. The second-order valence-corrected chi connectivity index (χ2v) is 15.2. The normalized spacial score (nSPS) is 16.4. The van der Waals surface area contributed by atoms with Gasteiger partial charge < -0.3 is 0 Å². The molecule has 9 aromatic carbocycles. The molecule has 0 radical (unpaired) electrons. The molecule has 13 rings (SSSR count). The number of nitrogens with zero attached hydrogens (tertiary/aromatic N) is 5. The van der Waals surface area contributed by atoms with Gasteiger partial charge in [-0.1, -0.05) is 188 Å². The molecule has 294 valence electrons. The van der Waals surface area contributed by atoms with Crippen molar-refractivity contribution >= 4 is 43.6 Å². The minimum absolute atomic E-state index is 0.147. The van der Waals surface area contributed by atoms with Crippen LogP contribution in [0.2, 0.25) is 0 Å². The summed E-state index contributed by atoms with van der Waals surface area (Å²) in [7, 11) is 0. The Hall–Kier alpha value is -8.41. The van der Waals surface area contributed by atoms with Crippen molar-refractivity contribution in [1.82, 2.24) is 24.1 Å². The highest BCUT2D eigenvalue weighted by molar-refractivity contribution is 6.10. The summed E-state index contributed by atoms with van der Waals surface area (Å²) in [6.45, 7) is 0. The van der Waals surface area contributed by atoms with Gasteiger partial charge in [0.1, 0.15) is 0 Å². The van der Waals surface area contributed by atoms with E-state index in [9.17, 15) is 5.48 Å². The number of fused-ring (bicyclic) bond motifs is 9. The second kappa shape index (κ2) is 13.8. The van der Waals surface area contributed by atoms with Crippen LogP contribution in [0.15, 0.2) is 224 Å². The van der Waals surface area contributed by atoms with Crippen LogP contribution in [-0.4, -0.2) is 24.1 Å². The van der Waals surface area contributed by atoms with Crippen LogP contribution in [-0.2, 0) is 5.41 Å². The van der Waals surface area contributed by atoms with Gasteiger partial charge >= 0.3 is 0 Å². The van der Waals surface area contributed by atoms with Gasteiger partial charge in [-0.3, -0.25) is 9.13 Å². The monoisotopic (exact) mass is 819 g/mol. The van der Waals surface area contributed by atoms with Crippen LogP contribution >= 0.6 is 0 Å². The molecule has 0 aliphatic heterocycles. The minimum Gasteiger partial charge on any atom is -0.278 e. The Bertz CT molecular complexity index is 4320. The maximum atomic E-state index is 9.30. The Labute approximate surface area is 386 Å². The van der Waals surface area contributed by atoms with Crippen LogP contribution in [0.1, 0.15) is 44.2 Å². The molecular formula is C58H37N5. The Morgan fingerprint density at radius 1 is 0.365 bits per heavy atom. The van der Waals surface area contributed by atoms with E-state index in [-0.39, 0.29) is 49.4 Å². The first kappa shape index (κ1) is 23.0. The fourth-order valence-corrected chi connectivity index (χ4v) is 9.39. The van der Waals surface area contributed by atoms with E-state index in [1.807, 2.05) is 66.7 Å². The van der Waals surface area contributed by atoms with Crippen molar-refractivity contribution in [2.75, 3.05) is 0 Å². The molecule has 0 spiro atoms. The second-order valence-electron chi connectivity index (χ2n) is 15.2. The zero-order valence-corrected chi connectivity index (χ0v) is 32.9. The zero-order chi connectivity index (χ0) is 55.4. The van der Waals surface area contributed by atoms with Gasteiger partial charge in [0.05, 0.1) is 49.4 Å². The molecule has 5 nitrogen and oxygen atoms in total. The fourth-order valence-electron chi connectivity index (χ4n) is 9.39. The van der Waals surface area contributed by atoms with Crippen molar-refractivity contribution in [3.63, 3.8) is 0 Å². The summed E-state index contributed by atoms with van der Waals surface area (Å²) in [6, 6.07) is 31.9. The van der Waals surface area contributed by atoms with Gasteiger partial charge in [0.15, 0.2) is 5.82 Å². The van der Waals surface area contributed by atoms with Crippen molar-refractivity contribution in [3.05, 3.63) is 246 Å². The van der Waals surface area contributed by atoms with Crippen LogP contribution in [0.4, 0.5) is 0 Å². The maximum absolute atomic E-state index is 9.30. The smallest absolute Gasteiger partial charge is 0.240 e. The number of aromatic nitrogens is 5. The van der Waals surface area contributed by atoms with Gasteiger partial charge in [0, 0.05) is 27.1 Å². The van der Waals surface area contributed by atoms with E-state index in [0.717, 1.165) is 48.1 Å². The summed E-state index contributed by atoms with van der Waals surface area (Å²) in [6.07, 6.45) is 0. The predicted octanol–water partition coefficient (Wildman–Crippen LogP) is 13.8. The molecule has 0 bridgehead atoms. The van der Waals surface area contributed by atoms with E-state index < -0.39 is 114 Å². The van der Waals surface area contributed by atoms with Crippen molar-refractivity contribution < 1.29 is 21.9 Å². The number of hydrogen-bond donors (Lipinski definition) is 0. The molecule has 12 aromatic rings. The van der Waals surface area contributed by atoms with Crippen molar-refractivity contribution in [3.8, 4) is 45.5 Å². The van der Waals surface area contributed by atoms with Gasteiger partial charge in [-0.25, -0.2) is 0 Å². The largest absolute Gasteiger partial charge is 0.278 e. The summed E-state index contributed by atoms with van der Waals surface area (Å²) in [4.78, 5) is 14.7. The van der Waals surface area contributed by atoms with Gasteiger partial charge in [0.2, 0.25) is 11.9 Å². The zero-order valence-electron chi connectivity index (χ0n) is 48.9. The minimum atomic E-state index is -0.736. The first-order valence-electron chi connectivity index (χ1n) is 28.1. The summed E-state index contributed by atoms with van der Waals surface area (Å²) < 4.78 is 146. The van der Waals surface area contributed by atoms with E-state index in [1.54, 1.807) is 12.1 Å². The lowest BCUT2D eigenvalue weighted by Gasteiger charge is -2.34. The van der Waals surface area contributed by atoms with Crippen LogP contribution < -0.4 is 0 Å². The van der Waals surface area contributed by atoms with Crippen LogP contribution in [0.25, 0.3) is 89.2 Å². The fraction of sp³-hybridized carbons (Fsp3) is 0.0172. The third-order valence-electron chi connectivity index (χ3n) is 12.0. The standard InChI is InChI=1S/C58H37N5/c1-3-20-41(21-4-1)58(42-22-5-2-6-23-42)49-29-12-7-24-43(49)44-35-34-39(37-50(44)58)38-18-17-19-40(36-38)55-59-56(62-51-30-13-8-25-45(51)46-26-9-14-31-52(46)62)61-57(60-55)63-53-32-15-10-27-47(53)48-28-11-16-33-54(48)63/h1-37H/i8D,9D,10D,11D,13D,14D,15D,16D,25D,26D,27D,28D,30D,31D,32D,33D. The van der Waals surface area contributed by atoms with Gasteiger partial charge in [0.25, 0.3) is 0 Å². The number of rotatable bonds is 6. The highest BCUT2D eigenvalue weighted by atomic mass is 15.3. The van der Waals surface area contributed by atoms with Crippen molar-refractivity contribution in [2.24, 2.45) is 0 Å². The quantitative estimate of drug-likeness (QED) is 0.168. The van der Waals surface area contributed by atoms with E-state index in [2.05, 4.69) is 48.5 Å². The highest BCUT2D eigenvalue weighted by Crippen LogP contribution is 2.56. The molecule has 0 saturated heterocycles. The van der Waals surface area contributed by atoms with Crippen LogP contribution in [0.3, 0.4) is 0 Å². The number of para-hydroxylation sites is 4. The Morgan fingerprint density at radius 2 is 0.810 bits per heavy atom. The summed E-state index contributed by atoms with van der Waals surface area (Å²) in [5.74, 6) is -1.09. The molecule has 0 N–H and O–H groups in total. The first-order chi connectivity index (χ1) is 37.9. The van der Waals surface area contributed by atoms with Gasteiger partial charge in [-0.15, -0.1) is 0 Å². The van der Waals surface area contributed by atoms with Crippen LogP contribution in [0.5, 0.6) is 0 Å². The van der Waals surface area contributed by atoms with Crippen molar-refractivity contribution in [1.29, 1.82) is 0 Å². The lowest BCUT2D eigenvalue weighted by molar-refractivity contribution is 0.769. The molecular weight excluding hydrogens is 767 g/mol. The topological polar surface area (TPSA) is 48.5 Å². The molecule has 1 aliphatic carbocycles. The summed E-state index contributed by atoms with van der Waals surface area (Å²) in [5, 5.41) is -1.06. The number of hydrogen-bond acceptors (Lipinski definition) is 3. The first-order valence-corrected chi connectivity index (χ1v) is 20.1. The SMILES string of the molecule is [2H]c1c([2H])c([2H])c2c(c1[2H])c1c([2H])c([2H])c([2H])c([2H])c1n2-c1nc(-c2cccc(-c3ccc4c(c3)C(c3ccccc3)(c3ccccc3)c3ccccc3-4)c2)nc(-n2c3c([2H])c([2H])c([2H])c([2H])c3c3c([2H])c([2H])c([2H])c([2H])c32)n1. The average Bonchev–Trinajstić information content (AvgIpc) is 4.36. The van der Waals surface area contributed by atoms with E-state index in [1.165, 1.54) is 0 Å². The molecule has 3 aromatic heterocycles. The van der Waals surface area contributed by atoms with Crippen LogP contribution in [0, 0.1) is 0 Å². The number of benzene rings is 9. The van der Waals surface area contributed by atoms with Gasteiger partial charge in [-0.05, 0) is 80.8 Å². The van der Waals surface area contributed by atoms with Crippen molar-refractivity contribution in [2.45, 2.75) is 5.41 Å². The van der Waals surface area contributed by atoms with Gasteiger partial charge in [-0.2, -0.15) is 15.0 Å². The Kier molecular flexibility index (Phi) is 5.04. The molecule has 63 heavy (non-hydrogen) atoms. The van der Waals surface area contributed by atoms with E-state index >= 15 is 0 Å². The summed E-state index contributed by atoms with van der Waals surface area (Å²) in [5.41, 5.74) is 6.14. The Balaban J connectivity index is 1.14. The molecule has 0 fully saturated rings. The molecule has 0 amide bonds. The predicted molar refractivity (Wildman–Crippen MR) is 257 cm³/mol. The van der Waals surface area contributed by atoms with E-state index in [4.69, 9.17) is 31.4 Å². The molecule has 0 saturated carbocycles. The lowest BCUT2D eigenvalue weighted by Crippen LogP contribution is -2.28. The van der Waals surface area contributed by atoms with E-state index in [0.29, 0.717) is 11.1 Å². The third-order valence-corrected chi connectivity index (χ3v) is 12.0. The molecule has 5 heteroatoms. The molecule has 3 heterocycles. The molecule has 1 aliphatic rings. The third kappa shape index (κ3) is 5.20.